The fourth-order valence-electron chi connectivity index (χ4n) is 3.80. The molecule has 1 atom stereocenters. The Kier molecular flexibility index (Phi) is 4.93. The van der Waals surface area contributed by atoms with Crippen LogP contribution in [0, 0.1) is 0 Å². The molecule has 1 aliphatic carbocycles. The molecule has 7 heteroatoms. The van der Waals surface area contributed by atoms with Crippen LogP contribution in [-0.4, -0.2) is 17.8 Å². The second kappa shape index (κ2) is 7.39. The molecule has 28 heavy (non-hydrogen) atoms. The number of carbonyl (C=O) groups excluding carboxylic acids is 3. The summed E-state index contributed by atoms with van der Waals surface area (Å²) in [5.41, 5.74) is 1.38. The minimum Gasteiger partial charge on any atom is -0.321 e. The number of nitrogens with one attached hydrogen (secondary N) is 3. The van der Waals surface area contributed by atoms with Gasteiger partial charge in [-0.1, -0.05) is 25.0 Å². The number of thiophene rings is 1. The Morgan fingerprint density at radius 2 is 1.89 bits per heavy atom. The number of anilines is 1. The van der Waals surface area contributed by atoms with Gasteiger partial charge in [-0.2, -0.15) is 0 Å². The maximum Gasteiger partial charge on any atom is 0.322 e. The monoisotopic (exact) mass is 397 g/mol. The quantitative estimate of drug-likeness (QED) is 0.690. The largest absolute Gasteiger partial charge is 0.322 e. The van der Waals surface area contributed by atoms with E-state index in [9.17, 15) is 14.4 Å². The number of aryl methyl sites for hydroxylation is 2. The lowest BCUT2D eigenvalue weighted by Gasteiger charge is -2.21. The highest BCUT2D eigenvalue weighted by Gasteiger charge is 2.43. The van der Waals surface area contributed by atoms with E-state index >= 15 is 0 Å². The van der Waals surface area contributed by atoms with Crippen LogP contribution in [0.4, 0.5) is 10.5 Å². The highest BCUT2D eigenvalue weighted by molar-refractivity contribution is 7.14. The molecule has 1 aromatic carbocycles. The van der Waals surface area contributed by atoms with E-state index in [4.69, 9.17) is 0 Å². The molecule has 4 rings (SSSR count). The van der Waals surface area contributed by atoms with Gasteiger partial charge in [0.1, 0.15) is 5.54 Å². The summed E-state index contributed by atoms with van der Waals surface area (Å²) in [5.74, 6) is -0.544. The second-order valence-electron chi connectivity index (χ2n) is 7.54. The van der Waals surface area contributed by atoms with Crippen molar-refractivity contribution in [2.75, 3.05) is 5.32 Å². The van der Waals surface area contributed by atoms with Crippen molar-refractivity contribution < 1.29 is 14.4 Å². The third kappa shape index (κ3) is 3.54. The smallest absolute Gasteiger partial charge is 0.321 e. The molecule has 1 fully saturated rings. The SMILES string of the molecule is C[C@]1(c2cccc(NC(=O)c3cc4c(s3)CCCCCC4)c2)NC(=O)NC1=O. The summed E-state index contributed by atoms with van der Waals surface area (Å²) in [6.07, 6.45) is 6.97. The van der Waals surface area contributed by atoms with Gasteiger partial charge in [-0.15, -0.1) is 11.3 Å². The van der Waals surface area contributed by atoms with Gasteiger partial charge in [-0.25, -0.2) is 4.79 Å². The van der Waals surface area contributed by atoms with Crippen LogP contribution >= 0.6 is 11.3 Å². The summed E-state index contributed by atoms with van der Waals surface area (Å²) in [7, 11) is 0. The van der Waals surface area contributed by atoms with Crippen molar-refractivity contribution in [2.45, 2.75) is 51.0 Å². The van der Waals surface area contributed by atoms with Crippen molar-refractivity contribution in [3.05, 3.63) is 51.2 Å². The van der Waals surface area contributed by atoms with E-state index in [1.807, 2.05) is 6.07 Å². The molecule has 4 amide bonds. The zero-order valence-corrected chi connectivity index (χ0v) is 16.6. The van der Waals surface area contributed by atoms with Crippen LogP contribution in [0.3, 0.4) is 0 Å². The number of benzene rings is 1. The molecule has 3 N–H and O–H groups in total. The van der Waals surface area contributed by atoms with Gasteiger partial charge in [0.05, 0.1) is 4.88 Å². The average Bonchev–Trinajstić information content (AvgIpc) is 3.15. The Balaban J connectivity index is 1.53. The van der Waals surface area contributed by atoms with Gasteiger partial charge in [0.25, 0.3) is 11.8 Å². The van der Waals surface area contributed by atoms with Gasteiger partial charge in [-0.3, -0.25) is 14.9 Å². The predicted octanol–water partition coefficient (Wildman–Crippen LogP) is 3.71. The van der Waals surface area contributed by atoms with Crippen LogP contribution in [0.25, 0.3) is 0 Å². The van der Waals surface area contributed by atoms with Gasteiger partial charge < -0.3 is 10.6 Å². The van der Waals surface area contributed by atoms with Crippen LogP contribution in [0.15, 0.2) is 30.3 Å². The normalized spacial score (nSPS) is 21.9. The Morgan fingerprint density at radius 1 is 1.11 bits per heavy atom. The number of rotatable bonds is 3. The molecule has 0 saturated carbocycles. The summed E-state index contributed by atoms with van der Waals surface area (Å²) >= 11 is 1.58. The highest BCUT2D eigenvalue weighted by atomic mass is 32.1. The molecule has 1 aromatic heterocycles. The summed E-state index contributed by atoms with van der Waals surface area (Å²) in [6.45, 7) is 1.65. The molecule has 2 heterocycles. The van der Waals surface area contributed by atoms with E-state index in [1.165, 1.54) is 36.1 Å². The number of amides is 4. The number of hydrogen-bond donors (Lipinski definition) is 3. The van der Waals surface area contributed by atoms with E-state index in [0.29, 0.717) is 11.3 Å². The number of fused-ring (bicyclic) bond motifs is 1. The standard InChI is InChI=1S/C21H23N3O3S/c1-21(19(26)23-20(27)24-21)14-8-6-9-15(12-14)22-18(25)17-11-13-7-4-2-3-5-10-16(13)28-17/h6,8-9,11-12H,2-5,7,10H2,1H3,(H,22,25)(H2,23,24,26,27)/t21-/m1/s1. The summed E-state index contributed by atoms with van der Waals surface area (Å²) < 4.78 is 0. The van der Waals surface area contributed by atoms with Crippen molar-refractivity contribution in [1.82, 2.24) is 10.6 Å². The Morgan fingerprint density at radius 3 is 2.64 bits per heavy atom. The molecular formula is C21H23N3O3S. The Labute approximate surface area is 167 Å². The van der Waals surface area contributed by atoms with E-state index in [-0.39, 0.29) is 5.91 Å². The molecule has 0 spiro atoms. The van der Waals surface area contributed by atoms with Gasteiger partial charge in [0.2, 0.25) is 0 Å². The molecule has 2 aliphatic rings. The predicted molar refractivity (Wildman–Crippen MR) is 109 cm³/mol. The molecule has 146 valence electrons. The first kappa shape index (κ1) is 18.7. The molecule has 2 aromatic rings. The summed E-state index contributed by atoms with van der Waals surface area (Å²) in [6, 6.07) is 8.55. The van der Waals surface area contributed by atoms with E-state index in [1.54, 1.807) is 42.5 Å². The van der Waals surface area contributed by atoms with Gasteiger partial charge in [0.15, 0.2) is 0 Å². The minimum absolute atomic E-state index is 0.140. The van der Waals surface area contributed by atoms with Crippen LogP contribution in [0.5, 0.6) is 0 Å². The van der Waals surface area contributed by atoms with E-state index in [0.717, 1.165) is 17.7 Å². The van der Waals surface area contributed by atoms with Gasteiger partial charge in [0, 0.05) is 10.6 Å². The van der Waals surface area contributed by atoms with Gasteiger partial charge in [-0.05, 0) is 61.9 Å². The minimum atomic E-state index is -1.14. The fraction of sp³-hybridized carbons (Fsp3) is 0.381. The zero-order valence-electron chi connectivity index (χ0n) is 15.8. The lowest BCUT2D eigenvalue weighted by molar-refractivity contribution is -0.123. The lowest BCUT2D eigenvalue weighted by Crippen LogP contribution is -2.40. The third-order valence-electron chi connectivity index (χ3n) is 5.46. The summed E-state index contributed by atoms with van der Waals surface area (Å²) in [4.78, 5) is 38.5. The van der Waals surface area contributed by atoms with Crippen molar-refractivity contribution in [3.8, 4) is 0 Å². The zero-order chi connectivity index (χ0) is 19.7. The maximum absolute atomic E-state index is 12.8. The molecule has 0 bridgehead atoms. The lowest BCUT2D eigenvalue weighted by atomic mass is 9.92. The molecule has 1 saturated heterocycles. The average molecular weight is 398 g/mol. The van der Waals surface area contributed by atoms with Crippen LogP contribution in [0.1, 0.15) is 58.3 Å². The van der Waals surface area contributed by atoms with Crippen molar-refractivity contribution in [1.29, 1.82) is 0 Å². The first-order chi connectivity index (χ1) is 13.5. The third-order valence-corrected chi connectivity index (χ3v) is 6.70. The first-order valence-electron chi connectivity index (χ1n) is 9.63. The van der Waals surface area contributed by atoms with E-state index in [2.05, 4.69) is 16.0 Å². The van der Waals surface area contributed by atoms with Crippen molar-refractivity contribution in [3.63, 3.8) is 0 Å². The second-order valence-corrected chi connectivity index (χ2v) is 8.68. The number of hydrogen-bond acceptors (Lipinski definition) is 4. The molecule has 6 nitrogen and oxygen atoms in total. The highest BCUT2D eigenvalue weighted by Crippen LogP contribution is 2.30. The number of imide groups is 1. The molecular weight excluding hydrogens is 374 g/mol. The first-order valence-corrected chi connectivity index (χ1v) is 10.4. The van der Waals surface area contributed by atoms with Crippen molar-refractivity contribution >= 4 is 34.9 Å². The maximum atomic E-state index is 12.8. The molecule has 0 unspecified atom stereocenters. The van der Waals surface area contributed by atoms with Crippen molar-refractivity contribution in [2.24, 2.45) is 0 Å². The van der Waals surface area contributed by atoms with Gasteiger partial charge >= 0.3 is 6.03 Å². The molecule has 1 aliphatic heterocycles. The van der Waals surface area contributed by atoms with Crippen LogP contribution < -0.4 is 16.0 Å². The summed E-state index contributed by atoms with van der Waals surface area (Å²) in [5, 5.41) is 7.83. The number of urea groups is 1. The fourth-order valence-corrected chi connectivity index (χ4v) is 4.95. The van der Waals surface area contributed by atoms with Crippen LogP contribution in [0.2, 0.25) is 0 Å². The van der Waals surface area contributed by atoms with Crippen LogP contribution in [-0.2, 0) is 23.2 Å². The topological polar surface area (TPSA) is 87.3 Å². The number of carbonyl (C=O) groups is 3. The Hall–Kier alpha value is -2.67. The van der Waals surface area contributed by atoms with E-state index < -0.39 is 17.5 Å². The molecule has 0 radical (unpaired) electrons. The Bertz CT molecular complexity index is 927.